The molecule has 0 unspecified atom stereocenters. The van der Waals surface area contributed by atoms with Gasteiger partial charge in [-0.05, 0) is 48.8 Å². The van der Waals surface area contributed by atoms with Crippen LogP contribution in [0.5, 0.6) is 0 Å². The van der Waals surface area contributed by atoms with E-state index in [4.69, 9.17) is 4.74 Å². The number of carbonyl (C=O) groups excluding carboxylic acids is 1. The first kappa shape index (κ1) is 18.8. The van der Waals surface area contributed by atoms with Crippen molar-refractivity contribution >= 4 is 44.8 Å². The lowest BCUT2D eigenvalue weighted by molar-refractivity contribution is 0.0636. The van der Waals surface area contributed by atoms with Gasteiger partial charge in [-0.2, -0.15) is 0 Å². The molecule has 2 heterocycles. The number of nitrogens with zero attached hydrogens (tertiary/aromatic N) is 3. The highest BCUT2D eigenvalue weighted by atomic mass is 79.9. The predicted octanol–water partition coefficient (Wildman–Crippen LogP) is 4.73. The summed E-state index contributed by atoms with van der Waals surface area (Å²) in [7, 11) is 0. The number of aromatic nitrogens is 3. The molecule has 0 aliphatic carbocycles. The Morgan fingerprint density at radius 2 is 2.00 bits per heavy atom. The molecule has 8 nitrogen and oxygen atoms in total. The molecule has 2 N–H and O–H groups in total. The molecule has 27 heavy (non-hydrogen) atoms. The van der Waals surface area contributed by atoms with Crippen molar-refractivity contribution in [2.24, 2.45) is 0 Å². The summed E-state index contributed by atoms with van der Waals surface area (Å²) in [4.78, 5) is 31.7. The molecule has 3 aromatic rings. The Hall–Kier alpha value is -2.94. The molecule has 0 aliphatic rings. The van der Waals surface area contributed by atoms with Crippen molar-refractivity contribution in [1.29, 1.82) is 0 Å². The monoisotopic (exact) mass is 432 g/mol. The van der Waals surface area contributed by atoms with Gasteiger partial charge in [-0.25, -0.2) is 24.1 Å². The van der Waals surface area contributed by atoms with Crippen LogP contribution >= 0.6 is 15.9 Å². The van der Waals surface area contributed by atoms with Crippen LogP contribution in [0, 0.1) is 0 Å². The van der Waals surface area contributed by atoms with Gasteiger partial charge in [0.2, 0.25) is 0 Å². The summed E-state index contributed by atoms with van der Waals surface area (Å²) in [6, 6.07) is 7.03. The van der Waals surface area contributed by atoms with Gasteiger partial charge in [0.25, 0.3) is 0 Å². The highest BCUT2D eigenvalue weighted by molar-refractivity contribution is 9.10. The Kier molecular flexibility index (Phi) is 4.88. The van der Waals surface area contributed by atoms with Crippen LogP contribution in [0.3, 0.4) is 0 Å². The molecule has 3 rings (SSSR count). The van der Waals surface area contributed by atoms with Gasteiger partial charge in [0.05, 0.1) is 11.1 Å². The molecule has 2 aromatic heterocycles. The minimum absolute atomic E-state index is 0.268. The number of nitrogens with one attached hydrogen (secondary N) is 1. The third-order valence-electron chi connectivity index (χ3n) is 3.52. The molecule has 1 aromatic carbocycles. The molecule has 0 saturated heterocycles. The number of rotatable bonds is 2. The van der Waals surface area contributed by atoms with E-state index in [1.165, 1.54) is 12.5 Å². The van der Waals surface area contributed by atoms with Gasteiger partial charge in [0.1, 0.15) is 11.9 Å². The third kappa shape index (κ3) is 4.08. The van der Waals surface area contributed by atoms with E-state index in [2.05, 4.69) is 31.2 Å². The van der Waals surface area contributed by atoms with Crippen LogP contribution in [-0.4, -0.2) is 37.4 Å². The summed E-state index contributed by atoms with van der Waals surface area (Å²) in [6.07, 6.45) is 1.02. The Balaban J connectivity index is 2.01. The Morgan fingerprint density at radius 3 is 2.67 bits per heavy atom. The van der Waals surface area contributed by atoms with Crippen molar-refractivity contribution in [3.05, 3.63) is 41.3 Å². The first-order chi connectivity index (χ1) is 12.7. The first-order valence-electron chi connectivity index (χ1n) is 8.01. The number of anilines is 1. The van der Waals surface area contributed by atoms with Crippen LogP contribution in [-0.2, 0) is 4.74 Å². The summed E-state index contributed by atoms with van der Waals surface area (Å²) in [5.74, 6) is 0. The smallest absolute Gasteiger partial charge is 0.417 e. The zero-order chi connectivity index (χ0) is 19.8. The second-order valence-electron chi connectivity index (χ2n) is 6.76. The number of fused-ring (bicyclic) bond motifs is 1. The summed E-state index contributed by atoms with van der Waals surface area (Å²) in [5, 5.41) is 12.6. The molecule has 0 atom stereocenters. The van der Waals surface area contributed by atoms with Gasteiger partial charge in [-0.1, -0.05) is 12.1 Å². The lowest BCUT2D eigenvalue weighted by atomic mass is 10.1. The molecule has 0 radical (unpaired) electrons. The quantitative estimate of drug-likeness (QED) is 0.605. The maximum Gasteiger partial charge on any atom is 0.417 e. The normalized spacial score (nSPS) is 11.4. The molecule has 140 valence electrons. The first-order valence-corrected chi connectivity index (χ1v) is 8.80. The molecule has 0 fully saturated rings. The maximum absolute atomic E-state index is 12.0. The van der Waals surface area contributed by atoms with Gasteiger partial charge >= 0.3 is 12.2 Å². The fourth-order valence-corrected chi connectivity index (χ4v) is 3.12. The van der Waals surface area contributed by atoms with E-state index >= 15 is 0 Å². The fraction of sp³-hybridized carbons (Fsp3) is 0.222. The second-order valence-corrected chi connectivity index (χ2v) is 7.61. The molecule has 0 bridgehead atoms. The highest BCUT2D eigenvalue weighted by Gasteiger charge is 2.19. The Labute approximate surface area is 163 Å². The van der Waals surface area contributed by atoms with Crippen LogP contribution in [0.4, 0.5) is 15.3 Å². The molecule has 9 heteroatoms. The van der Waals surface area contributed by atoms with E-state index in [1.807, 2.05) is 6.07 Å². The predicted molar refractivity (Wildman–Crippen MR) is 104 cm³/mol. The van der Waals surface area contributed by atoms with Crippen molar-refractivity contribution in [3.63, 3.8) is 0 Å². The molecular formula is C18H17BrN4O4. The number of carboxylic acid groups (broad SMARTS) is 1. The lowest BCUT2D eigenvalue weighted by Crippen LogP contribution is -2.27. The summed E-state index contributed by atoms with van der Waals surface area (Å²) < 4.78 is 6.83. The van der Waals surface area contributed by atoms with E-state index in [-0.39, 0.29) is 5.65 Å². The second kappa shape index (κ2) is 6.99. The van der Waals surface area contributed by atoms with Crippen LogP contribution in [0.15, 0.2) is 41.3 Å². The van der Waals surface area contributed by atoms with Crippen LogP contribution < -0.4 is 5.32 Å². The molecule has 0 aliphatic heterocycles. The highest BCUT2D eigenvalue weighted by Crippen LogP contribution is 2.33. The topological polar surface area (TPSA) is 106 Å². The largest absolute Gasteiger partial charge is 0.464 e. The zero-order valence-electron chi connectivity index (χ0n) is 14.9. The van der Waals surface area contributed by atoms with E-state index in [1.54, 1.807) is 39.0 Å². The van der Waals surface area contributed by atoms with Gasteiger partial charge in [0.15, 0.2) is 5.65 Å². The number of carbonyl (C=O) groups is 2. The van der Waals surface area contributed by atoms with E-state index in [9.17, 15) is 14.7 Å². The van der Waals surface area contributed by atoms with Gasteiger partial charge in [-0.3, -0.25) is 5.32 Å². The molecule has 0 spiro atoms. The van der Waals surface area contributed by atoms with Gasteiger partial charge in [-0.15, -0.1) is 0 Å². The number of amides is 1. The Morgan fingerprint density at radius 1 is 1.26 bits per heavy atom. The summed E-state index contributed by atoms with van der Waals surface area (Å²) in [5.41, 5.74) is 1.43. The SMILES string of the molecule is CC(C)(C)OC(=O)Nc1cccc(-c2ncnc3c2c(Br)cn3C(=O)O)c1. The fourth-order valence-electron chi connectivity index (χ4n) is 2.55. The van der Waals surface area contributed by atoms with Crippen molar-refractivity contribution in [2.75, 3.05) is 5.32 Å². The number of ether oxygens (including phenoxy) is 1. The van der Waals surface area contributed by atoms with Gasteiger partial charge in [0, 0.05) is 21.9 Å². The van der Waals surface area contributed by atoms with E-state index < -0.39 is 17.8 Å². The van der Waals surface area contributed by atoms with E-state index in [0.717, 1.165) is 4.57 Å². The summed E-state index contributed by atoms with van der Waals surface area (Å²) >= 11 is 3.37. The number of benzene rings is 1. The average Bonchev–Trinajstić information content (AvgIpc) is 2.91. The average molecular weight is 433 g/mol. The standard InChI is InChI=1S/C18H17BrN4O4/c1-18(2,3)27-16(24)22-11-6-4-5-10(7-11)14-13-12(19)8-23(17(25)26)15(13)21-9-20-14/h4-9H,1-3H3,(H,22,24)(H,25,26). The van der Waals surface area contributed by atoms with Gasteiger partial charge < -0.3 is 9.84 Å². The third-order valence-corrected chi connectivity index (χ3v) is 4.13. The van der Waals surface area contributed by atoms with E-state index in [0.29, 0.717) is 26.8 Å². The van der Waals surface area contributed by atoms with Crippen LogP contribution in [0.1, 0.15) is 20.8 Å². The minimum Gasteiger partial charge on any atom is -0.464 e. The van der Waals surface area contributed by atoms with Crippen molar-refractivity contribution in [3.8, 4) is 11.3 Å². The lowest BCUT2D eigenvalue weighted by Gasteiger charge is -2.19. The molecular weight excluding hydrogens is 416 g/mol. The maximum atomic E-state index is 12.0. The zero-order valence-corrected chi connectivity index (χ0v) is 16.4. The number of hydrogen-bond acceptors (Lipinski definition) is 5. The Bertz CT molecular complexity index is 1040. The van der Waals surface area contributed by atoms with Crippen molar-refractivity contribution in [1.82, 2.24) is 14.5 Å². The van der Waals surface area contributed by atoms with Crippen LogP contribution in [0.25, 0.3) is 22.3 Å². The number of hydrogen-bond donors (Lipinski definition) is 2. The molecule has 0 saturated carbocycles. The number of halogens is 1. The minimum atomic E-state index is -1.14. The molecule has 1 amide bonds. The van der Waals surface area contributed by atoms with Crippen LogP contribution in [0.2, 0.25) is 0 Å². The van der Waals surface area contributed by atoms with Crippen molar-refractivity contribution in [2.45, 2.75) is 26.4 Å². The summed E-state index contributed by atoms with van der Waals surface area (Å²) in [6.45, 7) is 5.35. The van der Waals surface area contributed by atoms with Crippen molar-refractivity contribution < 1.29 is 19.4 Å².